The maximum absolute atomic E-state index is 9.36. The molecule has 106 valence electrons. The molecule has 0 amide bonds. The number of hydrogen-bond donors (Lipinski definition) is 1. The van der Waals surface area contributed by atoms with Crippen molar-refractivity contribution < 1.29 is 14.6 Å². The molecule has 0 saturated carbocycles. The lowest BCUT2D eigenvalue weighted by molar-refractivity contribution is 0.258. The van der Waals surface area contributed by atoms with Gasteiger partial charge in [0, 0.05) is 20.6 Å². The van der Waals surface area contributed by atoms with Gasteiger partial charge in [0.1, 0.15) is 18.1 Å². The largest absolute Gasteiger partial charge is 0.497 e. The van der Waals surface area contributed by atoms with E-state index in [1.54, 1.807) is 25.3 Å². The molecular weight excluding hydrogens is 344 g/mol. The highest BCUT2D eigenvalue weighted by Crippen LogP contribution is 2.27. The molecule has 2 aromatic carbocycles. The molecule has 0 aromatic heterocycles. The molecule has 0 radical (unpaired) electrons. The highest BCUT2D eigenvalue weighted by atomic mass is 79.9. The predicted octanol–water partition coefficient (Wildman–Crippen LogP) is 4.18. The van der Waals surface area contributed by atoms with Crippen molar-refractivity contribution in [1.29, 1.82) is 0 Å². The molecule has 20 heavy (non-hydrogen) atoms. The molecule has 0 saturated heterocycles. The van der Waals surface area contributed by atoms with Gasteiger partial charge in [-0.1, -0.05) is 33.6 Å². The van der Waals surface area contributed by atoms with Crippen LogP contribution in [-0.4, -0.2) is 12.2 Å². The summed E-state index contributed by atoms with van der Waals surface area (Å²) in [6.07, 6.45) is 0. The molecule has 0 aliphatic carbocycles. The van der Waals surface area contributed by atoms with Crippen LogP contribution in [0.5, 0.6) is 11.5 Å². The van der Waals surface area contributed by atoms with Gasteiger partial charge in [-0.05, 0) is 30.3 Å². The average molecular weight is 358 g/mol. The first-order valence-corrected chi connectivity index (χ1v) is 7.15. The van der Waals surface area contributed by atoms with Crippen LogP contribution in [0.1, 0.15) is 11.1 Å². The SMILES string of the molecule is COc1ccc(OCc2ccc(Br)cc2Cl)c(CO)c1. The molecule has 0 atom stereocenters. The van der Waals surface area contributed by atoms with Crippen LogP contribution in [0, 0.1) is 0 Å². The minimum Gasteiger partial charge on any atom is -0.497 e. The Bertz CT molecular complexity index is 602. The second-order valence-electron chi connectivity index (χ2n) is 4.16. The highest BCUT2D eigenvalue weighted by Gasteiger charge is 2.07. The third-order valence-electron chi connectivity index (χ3n) is 2.84. The minimum atomic E-state index is -0.111. The first-order chi connectivity index (χ1) is 9.63. The Kier molecular flexibility index (Phi) is 5.29. The summed E-state index contributed by atoms with van der Waals surface area (Å²) in [5, 5.41) is 10.00. The van der Waals surface area contributed by atoms with Crippen LogP contribution in [0.2, 0.25) is 5.02 Å². The number of rotatable bonds is 5. The molecule has 0 bridgehead atoms. The minimum absolute atomic E-state index is 0.111. The topological polar surface area (TPSA) is 38.7 Å². The summed E-state index contributed by atoms with van der Waals surface area (Å²) in [6, 6.07) is 10.9. The number of ether oxygens (including phenoxy) is 2. The van der Waals surface area contributed by atoms with Crippen LogP contribution < -0.4 is 9.47 Å². The number of halogens is 2. The molecule has 0 fully saturated rings. The van der Waals surface area contributed by atoms with Gasteiger partial charge in [0.2, 0.25) is 0 Å². The smallest absolute Gasteiger partial charge is 0.125 e. The summed E-state index contributed by atoms with van der Waals surface area (Å²) in [7, 11) is 1.58. The summed E-state index contributed by atoms with van der Waals surface area (Å²) in [5.74, 6) is 1.30. The summed E-state index contributed by atoms with van der Waals surface area (Å²) < 4.78 is 11.8. The van der Waals surface area contributed by atoms with Gasteiger partial charge in [-0.25, -0.2) is 0 Å². The highest BCUT2D eigenvalue weighted by molar-refractivity contribution is 9.10. The van der Waals surface area contributed by atoms with Crippen LogP contribution >= 0.6 is 27.5 Å². The Morgan fingerprint density at radius 1 is 1.15 bits per heavy atom. The first-order valence-electron chi connectivity index (χ1n) is 5.98. The number of hydrogen-bond acceptors (Lipinski definition) is 3. The Balaban J connectivity index is 2.14. The summed E-state index contributed by atoms with van der Waals surface area (Å²) in [6.45, 7) is 0.228. The molecule has 2 aromatic rings. The van der Waals surface area contributed by atoms with E-state index in [0.717, 1.165) is 10.0 Å². The van der Waals surface area contributed by atoms with E-state index in [2.05, 4.69) is 15.9 Å². The third kappa shape index (κ3) is 3.66. The molecule has 1 N–H and O–H groups in total. The van der Waals surface area contributed by atoms with Crippen molar-refractivity contribution >= 4 is 27.5 Å². The van der Waals surface area contributed by atoms with Gasteiger partial charge in [0.05, 0.1) is 13.7 Å². The maximum Gasteiger partial charge on any atom is 0.125 e. The number of aliphatic hydroxyl groups is 1. The van der Waals surface area contributed by atoms with E-state index >= 15 is 0 Å². The zero-order valence-corrected chi connectivity index (χ0v) is 13.2. The Morgan fingerprint density at radius 3 is 2.60 bits per heavy atom. The molecule has 2 rings (SSSR count). The third-order valence-corrected chi connectivity index (χ3v) is 3.68. The van der Waals surface area contributed by atoms with Crippen LogP contribution in [0.3, 0.4) is 0 Å². The number of benzene rings is 2. The Morgan fingerprint density at radius 2 is 1.95 bits per heavy atom. The van der Waals surface area contributed by atoms with Crippen LogP contribution in [0.25, 0.3) is 0 Å². The summed E-state index contributed by atoms with van der Waals surface area (Å²) in [4.78, 5) is 0. The molecule has 0 spiro atoms. The van der Waals surface area contributed by atoms with Crippen molar-refractivity contribution in [2.24, 2.45) is 0 Å². The van der Waals surface area contributed by atoms with Gasteiger partial charge in [0.15, 0.2) is 0 Å². The second kappa shape index (κ2) is 6.97. The van der Waals surface area contributed by atoms with E-state index in [1.807, 2.05) is 18.2 Å². The van der Waals surface area contributed by atoms with Gasteiger partial charge in [-0.3, -0.25) is 0 Å². The molecule has 0 aliphatic rings. The van der Waals surface area contributed by atoms with Crippen LogP contribution in [0.15, 0.2) is 40.9 Å². The van der Waals surface area contributed by atoms with Crippen molar-refractivity contribution in [2.45, 2.75) is 13.2 Å². The van der Waals surface area contributed by atoms with E-state index in [-0.39, 0.29) is 6.61 Å². The zero-order chi connectivity index (χ0) is 14.5. The lowest BCUT2D eigenvalue weighted by Gasteiger charge is -2.12. The lowest BCUT2D eigenvalue weighted by atomic mass is 10.2. The fourth-order valence-corrected chi connectivity index (χ4v) is 2.47. The van der Waals surface area contributed by atoms with Crippen molar-refractivity contribution in [3.05, 3.63) is 57.0 Å². The Hall–Kier alpha value is -1.23. The van der Waals surface area contributed by atoms with Crippen molar-refractivity contribution in [3.8, 4) is 11.5 Å². The van der Waals surface area contributed by atoms with E-state index < -0.39 is 0 Å². The predicted molar refractivity (Wildman–Crippen MR) is 82.4 cm³/mol. The van der Waals surface area contributed by atoms with Gasteiger partial charge >= 0.3 is 0 Å². The van der Waals surface area contributed by atoms with Crippen LogP contribution in [-0.2, 0) is 13.2 Å². The van der Waals surface area contributed by atoms with Gasteiger partial charge < -0.3 is 14.6 Å². The first kappa shape index (κ1) is 15.2. The summed E-state index contributed by atoms with van der Waals surface area (Å²) >= 11 is 9.50. The van der Waals surface area contributed by atoms with E-state index in [0.29, 0.717) is 28.7 Å². The van der Waals surface area contributed by atoms with Crippen molar-refractivity contribution in [1.82, 2.24) is 0 Å². The van der Waals surface area contributed by atoms with Crippen molar-refractivity contribution in [3.63, 3.8) is 0 Å². The maximum atomic E-state index is 9.36. The fraction of sp³-hybridized carbons (Fsp3) is 0.200. The standard InChI is InChI=1S/C15H14BrClO3/c1-19-13-4-5-15(11(6-13)8-18)20-9-10-2-3-12(16)7-14(10)17/h2-7,18H,8-9H2,1H3. The summed E-state index contributed by atoms with van der Waals surface area (Å²) in [5.41, 5.74) is 1.56. The van der Waals surface area contributed by atoms with Gasteiger partial charge in [0.25, 0.3) is 0 Å². The van der Waals surface area contributed by atoms with Gasteiger partial charge in [-0.15, -0.1) is 0 Å². The molecule has 0 heterocycles. The van der Waals surface area contributed by atoms with E-state index in [9.17, 15) is 5.11 Å². The zero-order valence-electron chi connectivity index (χ0n) is 10.9. The van der Waals surface area contributed by atoms with E-state index in [1.165, 1.54) is 0 Å². The van der Waals surface area contributed by atoms with Crippen molar-refractivity contribution in [2.75, 3.05) is 7.11 Å². The normalized spacial score (nSPS) is 10.4. The molecular formula is C15H14BrClO3. The molecule has 0 unspecified atom stereocenters. The monoisotopic (exact) mass is 356 g/mol. The van der Waals surface area contributed by atoms with E-state index in [4.69, 9.17) is 21.1 Å². The fourth-order valence-electron chi connectivity index (χ4n) is 1.74. The number of methoxy groups -OCH3 is 1. The van der Waals surface area contributed by atoms with Crippen LogP contribution in [0.4, 0.5) is 0 Å². The molecule has 3 nitrogen and oxygen atoms in total. The molecule has 5 heteroatoms. The second-order valence-corrected chi connectivity index (χ2v) is 5.48. The van der Waals surface area contributed by atoms with Gasteiger partial charge in [-0.2, -0.15) is 0 Å². The average Bonchev–Trinajstić information content (AvgIpc) is 2.46. The Labute approximate surface area is 131 Å². The number of aliphatic hydroxyl groups excluding tert-OH is 1. The quantitative estimate of drug-likeness (QED) is 0.872. The molecule has 0 aliphatic heterocycles. The lowest BCUT2D eigenvalue weighted by Crippen LogP contribution is -2.00.